The summed E-state index contributed by atoms with van der Waals surface area (Å²) in [5.41, 5.74) is 0.407. The number of carbonyl (C=O) groups is 3. The van der Waals surface area contributed by atoms with Crippen LogP contribution in [0.15, 0.2) is 54.6 Å². The van der Waals surface area contributed by atoms with E-state index in [0.717, 1.165) is 5.56 Å². The third kappa shape index (κ3) is 8.84. The molecule has 2 rings (SSSR count). The molecule has 8 nitrogen and oxygen atoms in total. The minimum Gasteiger partial charge on any atom is -0.491 e. The Labute approximate surface area is 194 Å². The van der Waals surface area contributed by atoms with Gasteiger partial charge in [-0.05, 0) is 64.4 Å². The maximum atomic E-state index is 12.6. The lowest BCUT2D eigenvalue weighted by Gasteiger charge is -2.33. The molecule has 2 aromatic carbocycles. The Bertz CT molecular complexity index is 918. The maximum absolute atomic E-state index is 12.6. The van der Waals surface area contributed by atoms with Crippen molar-refractivity contribution >= 4 is 18.0 Å². The quantitative estimate of drug-likeness (QED) is 0.402. The molecular weight excluding hydrogens is 426 g/mol. The molecule has 0 aromatic heterocycles. The van der Waals surface area contributed by atoms with Gasteiger partial charge in [0.25, 0.3) is 0 Å². The van der Waals surface area contributed by atoms with Gasteiger partial charge in [0.05, 0.1) is 11.7 Å². The minimum absolute atomic E-state index is 0.0172. The summed E-state index contributed by atoms with van der Waals surface area (Å²) in [6.45, 7) is 8.28. The van der Waals surface area contributed by atoms with E-state index >= 15 is 0 Å². The number of hydrogen-bond acceptors (Lipinski definition) is 7. The summed E-state index contributed by atoms with van der Waals surface area (Å²) in [7, 11) is 0. The van der Waals surface area contributed by atoms with Gasteiger partial charge in [-0.1, -0.05) is 30.3 Å². The Morgan fingerprint density at radius 1 is 0.879 bits per heavy atom. The van der Waals surface area contributed by atoms with Crippen LogP contribution in [-0.2, 0) is 25.6 Å². The predicted octanol–water partition coefficient (Wildman–Crippen LogP) is 4.57. The maximum Gasteiger partial charge on any atom is 0.413 e. The molecule has 0 fully saturated rings. The molecule has 0 radical (unpaired) electrons. The summed E-state index contributed by atoms with van der Waals surface area (Å²) in [4.78, 5) is 38.2. The first-order chi connectivity index (χ1) is 15.6. The first kappa shape index (κ1) is 25.7. The molecule has 0 atom stereocenters. The second-order valence-corrected chi connectivity index (χ2v) is 8.55. The minimum atomic E-state index is -0.798. The van der Waals surface area contributed by atoms with E-state index < -0.39 is 30.4 Å². The van der Waals surface area contributed by atoms with Crippen LogP contribution >= 0.6 is 0 Å². The van der Waals surface area contributed by atoms with E-state index in [0.29, 0.717) is 11.3 Å². The molecule has 8 heteroatoms. The van der Waals surface area contributed by atoms with Crippen LogP contribution in [0.25, 0.3) is 0 Å². The van der Waals surface area contributed by atoms with Gasteiger partial charge >= 0.3 is 18.0 Å². The van der Waals surface area contributed by atoms with Crippen LogP contribution in [0.5, 0.6) is 5.75 Å². The first-order valence-electron chi connectivity index (χ1n) is 10.6. The molecule has 0 bridgehead atoms. The number of nitrogens with zero attached hydrogens (tertiary/aromatic N) is 1. The molecule has 0 saturated carbocycles. The second-order valence-electron chi connectivity index (χ2n) is 8.55. The molecule has 0 N–H and O–H groups in total. The van der Waals surface area contributed by atoms with Crippen LogP contribution < -0.4 is 4.74 Å². The zero-order chi connectivity index (χ0) is 24.4. The average Bonchev–Trinajstić information content (AvgIpc) is 2.76. The monoisotopic (exact) mass is 457 g/mol. The molecule has 0 spiro atoms. The van der Waals surface area contributed by atoms with Crippen molar-refractivity contribution in [2.24, 2.45) is 0 Å². The largest absolute Gasteiger partial charge is 0.491 e. The molecule has 0 aliphatic rings. The van der Waals surface area contributed by atoms with Gasteiger partial charge in [-0.2, -0.15) is 0 Å². The number of amides is 1. The van der Waals surface area contributed by atoms with Gasteiger partial charge in [-0.25, -0.2) is 9.59 Å². The summed E-state index contributed by atoms with van der Waals surface area (Å²) in [6, 6.07) is 15.7. The van der Waals surface area contributed by atoms with E-state index in [1.54, 1.807) is 45.0 Å². The van der Waals surface area contributed by atoms with E-state index in [-0.39, 0.29) is 19.3 Å². The van der Waals surface area contributed by atoms with E-state index in [4.69, 9.17) is 18.9 Å². The summed E-state index contributed by atoms with van der Waals surface area (Å²) in [5.74, 6) is -0.595. The Kier molecular flexibility index (Phi) is 9.27. The average molecular weight is 458 g/mol. The van der Waals surface area contributed by atoms with E-state index in [1.165, 1.54) is 4.90 Å². The van der Waals surface area contributed by atoms with Gasteiger partial charge in [0.1, 0.15) is 18.9 Å². The van der Waals surface area contributed by atoms with Gasteiger partial charge in [-0.15, -0.1) is 0 Å². The molecule has 0 unspecified atom stereocenters. The van der Waals surface area contributed by atoms with E-state index in [1.807, 2.05) is 44.2 Å². The third-order valence-electron chi connectivity index (χ3n) is 4.39. The van der Waals surface area contributed by atoms with Crippen LogP contribution in [-0.4, -0.2) is 47.9 Å². The third-order valence-corrected chi connectivity index (χ3v) is 4.39. The fraction of sp³-hybridized carbons (Fsp3) is 0.400. The van der Waals surface area contributed by atoms with Crippen molar-refractivity contribution in [3.63, 3.8) is 0 Å². The number of carbonyl (C=O) groups excluding carboxylic acids is 3. The Morgan fingerprint density at radius 3 is 2.09 bits per heavy atom. The molecular formula is C25H31NO7. The van der Waals surface area contributed by atoms with Crippen LogP contribution in [0.1, 0.15) is 50.5 Å². The highest BCUT2D eigenvalue weighted by molar-refractivity contribution is 5.89. The molecule has 1 amide bonds. The predicted molar refractivity (Wildman–Crippen MR) is 122 cm³/mol. The van der Waals surface area contributed by atoms with Crippen molar-refractivity contribution in [2.45, 2.75) is 52.9 Å². The van der Waals surface area contributed by atoms with Gasteiger partial charge in [0.15, 0.2) is 0 Å². The lowest BCUT2D eigenvalue weighted by molar-refractivity contribution is -0.147. The fourth-order valence-corrected chi connectivity index (χ4v) is 2.72. The number of ether oxygens (including phenoxy) is 4. The molecule has 0 saturated heterocycles. The Balaban J connectivity index is 1.85. The number of benzene rings is 2. The number of hydrogen-bond donors (Lipinski definition) is 0. The van der Waals surface area contributed by atoms with Crippen molar-refractivity contribution in [2.75, 3.05) is 13.3 Å². The number of esters is 2. The van der Waals surface area contributed by atoms with Gasteiger partial charge in [0.2, 0.25) is 6.79 Å². The SMILES string of the molecule is CC(C)Oc1ccc(C(=O)OCOC(=O)N(CC(=O)OCc2ccccc2)C(C)(C)C)cc1. The highest BCUT2D eigenvalue weighted by Crippen LogP contribution is 2.16. The lowest BCUT2D eigenvalue weighted by atomic mass is 10.1. The van der Waals surface area contributed by atoms with Crippen molar-refractivity contribution in [3.05, 3.63) is 65.7 Å². The second kappa shape index (κ2) is 11.9. The van der Waals surface area contributed by atoms with E-state index in [2.05, 4.69) is 0 Å². The zero-order valence-corrected chi connectivity index (χ0v) is 19.7. The van der Waals surface area contributed by atoms with Crippen LogP contribution in [0.4, 0.5) is 4.79 Å². The summed E-state index contributed by atoms with van der Waals surface area (Å²) >= 11 is 0. The summed E-state index contributed by atoms with van der Waals surface area (Å²) < 4.78 is 20.9. The molecule has 0 aliphatic carbocycles. The van der Waals surface area contributed by atoms with Crippen LogP contribution in [0, 0.1) is 0 Å². The normalized spacial score (nSPS) is 11.0. The lowest BCUT2D eigenvalue weighted by Crippen LogP contribution is -2.49. The van der Waals surface area contributed by atoms with Crippen LogP contribution in [0.3, 0.4) is 0 Å². The topological polar surface area (TPSA) is 91.4 Å². The Morgan fingerprint density at radius 2 is 1.52 bits per heavy atom. The van der Waals surface area contributed by atoms with E-state index in [9.17, 15) is 14.4 Å². The molecule has 2 aromatic rings. The van der Waals surface area contributed by atoms with Crippen molar-refractivity contribution in [1.29, 1.82) is 0 Å². The molecule has 33 heavy (non-hydrogen) atoms. The molecule has 178 valence electrons. The molecule has 0 heterocycles. The highest BCUT2D eigenvalue weighted by atomic mass is 16.7. The van der Waals surface area contributed by atoms with Crippen molar-refractivity contribution in [3.8, 4) is 5.75 Å². The molecule has 0 aliphatic heterocycles. The fourth-order valence-electron chi connectivity index (χ4n) is 2.72. The van der Waals surface area contributed by atoms with Crippen LogP contribution in [0.2, 0.25) is 0 Å². The standard InChI is InChI=1S/C25H31NO7/c1-18(2)33-21-13-11-20(12-14-21)23(28)31-17-32-24(29)26(25(3,4)5)15-22(27)30-16-19-9-7-6-8-10-19/h6-14,18H,15-17H2,1-5H3. The van der Waals surface area contributed by atoms with Gasteiger partial charge < -0.3 is 18.9 Å². The first-order valence-corrected chi connectivity index (χ1v) is 10.6. The zero-order valence-electron chi connectivity index (χ0n) is 19.7. The Hall–Kier alpha value is -3.55. The van der Waals surface area contributed by atoms with Crippen molar-refractivity contribution in [1.82, 2.24) is 4.90 Å². The van der Waals surface area contributed by atoms with Gasteiger partial charge in [-0.3, -0.25) is 9.69 Å². The highest BCUT2D eigenvalue weighted by Gasteiger charge is 2.30. The summed E-state index contributed by atoms with van der Waals surface area (Å²) in [5, 5.41) is 0. The number of rotatable bonds is 9. The van der Waals surface area contributed by atoms with Gasteiger partial charge in [0, 0.05) is 5.54 Å². The van der Waals surface area contributed by atoms with Crippen molar-refractivity contribution < 1.29 is 33.3 Å². The summed E-state index contributed by atoms with van der Waals surface area (Å²) in [6.07, 6.45) is -0.781. The smallest absolute Gasteiger partial charge is 0.413 e.